The summed E-state index contributed by atoms with van der Waals surface area (Å²) in [4.78, 5) is 0. The van der Waals surface area contributed by atoms with Crippen LogP contribution in [0, 0.1) is 0 Å². The average molecular weight is 346 g/mol. The van der Waals surface area contributed by atoms with Crippen molar-refractivity contribution < 1.29 is 9.84 Å². The lowest BCUT2D eigenvalue weighted by Crippen LogP contribution is -2.22. The molecule has 0 aliphatic rings. The van der Waals surface area contributed by atoms with Gasteiger partial charge in [0, 0.05) is 18.0 Å². The van der Waals surface area contributed by atoms with Crippen molar-refractivity contribution in [2.45, 2.75) is 12.5 Å². The Bertz CT molecular complexity index is 776. The lowest BCUT2D eigenvalue weighted by molar-refractivity contribution is 0.194. The van der Waals surface area contributed by atoms with Gasteiger partial charge < -0.3 is 15.2 Å². The number of rotatable bonds is 8. The Morgan fingerprint density at radius 2 is 2.04 bits per heavy atom. The van der Waals surface area contributed by atoms with Crippen molar-refractivity contribution >= 4 is 22.5 Å². The molecule has 1 atom stereocenters. The molecule has 126 valence electrons. The van der Waals surface area contributed by atoms with E-state index < -0.39 is 0 Å². The summed E-state index contributed by atoms with van der Waals surface area (Å²) in [6.07, 6.45) is 2.40. The van der Waals surface area contributed by atoms with Crippen LogP contribution in [0.1, 0.15) is 18.1 Å². The molecular weight excluding hydrogens is 326 g/mol. The van der Waals surface area contributed by atoms with Gasteiger partial charge in [-0.2, -0.15) is 5.10 Å². The number of fused-ring (bicyclic) bond motifs is 1. The summed E-state index contributed by atoms with van der Waals surface area (Å²) in [7, 11) is 0. The molecule has 0 bridgehead atoms. The third kappa shape index (κ3) is 4.06. The zero-order valence-electron chi connectivity index (χ0n) is 13.2. The minimum atomic E-state index is -0.117. The zero-order chi connectivity index (χ0) is 16.8. The van der Waals surface area contributed by atoms with Crippen molar-refractivity contribution in [3.05, 3.63) is 59.2 Å². The second-order valence-corrected chi connectivity index (χ2v) is 5.95. The Kier molecular flexibility index (Phi) is 5.69. The summed E-state index contributed by atoms with van der Waals surface area (Å²) in [5.41, 5.74) is 1.95. The Balaban J connectivity index is 1.83. The SMILES string of the molecule is OCCNCC[C@@H](Oc1cc(Cl)cc2[nH]ncc12)c1ccccc1. The fourth-order valence-corrected chi connectivity index (χ4v) is 2.84. The van der Waals surface area contributed by atoms with Gasteiger partial charge in [0.2, 0.25) is 0 Å². The van der Waals surface area contributed by atoms with E-state index in [4.69, 9.17) is 21.4 Å². The number of hydrogen-bond donors (Lipinski definition) is 3. The summed E-state index contributed by atoms with van der Waals surface area (Å²) < 4.78 is 6.29. The molecule has 6 heteroatoms. The number of aromatic nitrogens is 2. The molecule has 5 nitrogen and oxygen atoms in total. The number of H-pyrrole nitrogens is 1. The van der Waals surface area contributed by atoms with E-state index in [2.05, 4.69) is 15.5 Å². The number of aliphatic hydroxyl groups is 1. The van der Waals surface area contributed by atoms with E-state index >= 15 is 0 Å². The number of nitrogens with one attached hydrogen (secondary N) is 2. The van der Waals surface area contributed by atoms with Gasteiger partial charge in [-0.05, 0) is 24.2 Å². The van der Waals surface area contributed by atoms with Crippen molar-refractivity contribution in [3.63, 3.8) is 0 Å². The first-order valence-electron chi connectivity index (χ1n) is 7.93. The van der Waals surface area contributed by atoms with Crippen LogP contribution in [-0.4, -0.2) is 35.0 Å². The largest absolute Gasteiger partial charge is 0.485 e. The number of benzene rings is 2. The molecule has 1 aromatic heterocycles. The van der Waals surface area contributed by atoms with Gasteiger partial charge in [-0.3, -0.25) is 5.10 Å². The molecule has 0 unspecified atom stereocenters. The maximum atomic E-state index is 8.89. The van der Waals surface area contributed by atoms with Crippen LogP contribution in [0.4, 0.5) is 0 Å². The van der Waals surface area contributed by atoms with Crippen LogP contribution in [-0.2, 0) is 0 Å². The monoisotopic (exact) mass is 345 g/mol. The van der Waals surface area contributed by atoms with E-state index in [0.717, 1.165) is 29.4 Å². The first-order chi connectivity index (χ1) is 11.8. The molecule has 0 aliphatic carbocycles. The Morgan fingerprint density at radius 3 is 2.83 bits per heavy atom. The van der Waals surface area contributed by atoms with Gasteiger partial charge in [0.1, 0.15) is 11.9 Å². The fourth-order valence-electron chi connectivity index (χ4n) is 2.63. The van der Waals surface area contributed by atoms with Crippen LogP contribution in [0.2, 0.25) is 5.02 Å². The molecular formula is C18H20ClN3O2. The van der Waals surface area contributed by atoms with E-state index in [-0.39, 0.29) is 12.7 Å². The van der Waals surface area contributed by atoms with Crippen molar-refractivity contribution in [3.8, 4) is 5.75 Å². The van der Waals surface area contributed by atoms with Gasteiger partial charge >= 0.3 is 0 Å². The van der Waals surface area contributed by atoms with Crippen molar-refractivity contribution in [1.82, 2.24) is 15.5 Å². The minimum absolute atomic E-state index is 0.117. The highest BCUT2D eigenvalue weighted by atomic mass is 35.5. The summed E-state index contributed by atoms with van der Waals surface area (Å²) in [5, 5.41) is 20.6. The standard InChI is InChI=1S/C18H20ClN3O2/c19-14-10-16-15(12-21-22-16)18(11-14)24-17(6-7-20-8-9-23)13-4-2-1-3-5-13/h1-5,10-12,17,20,23H,6-9H2,(H,21,22)/t17-/m1/s1. The van der Waals surface area contributed by atoms with Gasteiger partial charge in [0.25, 0.3) is 0 Å². The Hall–Kier alpha value is -2.08. The predicted molar refractivity (Wildman–Crippen MR) is 95.5 cm³/mol. The van der Waals surface area contributed by atoms with Crippen LogP contribution >= 0.6 is 11.6 Å². The van der Waals surface area contributed by atoms with Gasteiger partial charge in [0.15, 0.2) is 0 Å². The lowest BCUT2D eigenvalue weighted by Gasteiger charge is -2.20. The Morgan fingerprint density at radius 1 is 1.21 bits per heavy atom. The predicted octanol–water partition coefficient (Wildman–Crippen LogP) is 3.31. The molecule has 0 fully saturated rings. The minimum Gasteiger partial charge on any atom is -0.485 e. The lowest BCUT2D eigenvalue weighted by atomic mass is 10.1. The number of halogens is 1. The second-order valence-electron chi connectivity index (χ2n) is 5.51. The van der Waals surface area contributed by atoms with Crippen LogP contribution in [0.15, 0.2) is 48.7 Å². The third-order valence-corrected chi connectivity index (χ3v) is 4.02. The molecule has 24 heavy (non-hydrogen) atoms. The molecule has 0 saturated heterocycles. The third-order valence-electron chi connectivity index (χ3n) is 3.80. The summed E-state index contributed by atoms with van der Waals surface area (Å²) in [6, 6.07) is 13.7. The van der Waals surface area contributed by atoms with Crippen molar-refractivity contribution in [1.29, 1.82) is 0 Å². The van der Waals surface area contributed by atoms with Crippen LogP contribution in [0.3, 0.4) is 0 Å². The van der Waals surface area contributed by atoms with Gasteiger partial charge in [-0.15, -0.1) is 0 Å². The molecule has 0 saturated carbocycles. The molecule has 0 radical (unpaired) electrons. The molecule has 0 spiro atoms. The molecule has 3 rings (SSSR count). The normalized spacial score (nSPS) is 12.4. The molecule has 1 heterocycles. The summed E-state index contributed by atoms with van der Waals surface area (Å²) in [5.74, 6) is 0.710. The zero-order valence-corrected chi connectivity index (χ0v) is 14.0. The first kappa shape index (κ1) is 16.8. The summed E-state index contributed by atoms with van der Waals surface area (Å²) in [6.45, 7) is 1.45. The van der Waals surface area contributed by atoms with Crippen LogP contribution in [0.25, 0.3) is 10.9 Å². The summed E-state index contributed by atoms with van der Waals surface area (Å²) >= 11 is 6.19. The Labute approximate surface area is 145 Å². The maximum Gasteiger partial charge on any atom is 0.132 e. The first-order valence-corrected chi connectivity index (χ1v) is 8.31. The highest BCUT2D eigenvalue weighted by Gasteiger charge is 2.16. The number of hydrogen-bond acceptors (Lipinski definition) is 4. The van der Waals surface area contributed by atoms with Crippen molar-refractivity contribution in [2.24, 2.45) is 0 Å². The molecule has 0 amide bonds. The van der Waals surface area contributed by atoms with E-state index in [1.54, 1.807) is 6.20 Å². The van der Waals surface area contributed by atoms with Gasteiger partial charge in [-0.1, -0.05) is 41.9 Å². The number of ether oxygens (including phenoxy) is 1. The maximum absolute atomic E-state index is 8.89. The quantitative estimate of drug-likeness (QED) is 0.548. The number of aliphatic hydroxyl groups excluding tert-OH is 1. The molecule has 2 aromatic carbocycles. The highest BCUT2D eigenvalue weighted by Crippen LogP contribution is 2.33. The fraction of sp³-hybridized carbons (Fsp3) is 0.278. The van der Waals surface area contributed by atoms with E-state index in [1.165, 1.54) is 0 Å². The van der Waals surface area contributed by atoms with Crippen molar-refractivity contribution in [2.75, 3.05) is 19.7 Å². The molecule has 3 N–H and O–H groups in total. The smallest absolute Gasteiger partial charge is 0.132 e. The number of nitrogens with zero attached hydrogens (tertiary/aromatic N) is 1. The van der Waals surface area contributed by atoms with E-state index in [0.29, 0.717) is 17.3 Å². The molecule has 3 aromatic rings. The van der Waals surface area contributed by atoms with Gasteiger partial charge in [0.05, 0.1) is 23.7 Å². The van der Waals surface area contributed by atoms with E-state index in [1.807, 2.05) is 42.5 Å². The highest BCUT2D eigenvalue weighted by molar-refractivity contribution is 6.31. The average Bonchev–Trinajstić information content (AvgIpc) is 3.06. The molecule has 0 aliphatic heterocycles. The van der Waals surface area contributed by atoms with Gasteiger partial charge in [-0.25, -0.2) is 0 Å². The van der Waals surface area contributed by atoms with Crippen LogP contribution in [0.5, 0.6) is 5.75 Å². The number of aromatic amines is 1. The van der Waals surface area contributed by atoms with E-state index in [9.17, 15) is 0 Å². The second kappa shape index (κ2) is 8.15. The topological polar surface area (TPSA) is 70.2 Å². The van der Waals surface area contributed by atoms with Crippen LogP contribution < -0.4 is 10.1 Å².